The smallest absolute Gasteiger partial charge is 0.255 e. The summed E-state index contributed by atoms with van der Waals surface area (Å²) in [5, 5.41) is 12.7. The number of phenols is 1. The lowest BCUT2D eigenvalue weighted by molar-refractivity contribution is 0.0938. The van der Waals surface area contributed by atoms with Gasteiger partial charge in [0.1, 0.15) is 5.75 Å². The number of hydrogen-bond donors (Lipinski definition) is 2. The van der Waals surface area contributed by atoms with Crippen molar-refractivity contribution in [3.8, 4) is 5.75 Å². The quantitative estimate of drug-likeness (QED) is 0.833. The maximum absolute atomic E-state index is 12.2. The van der Waals surface area contributed by atoms with Crippen LogP contribution in [0.25, 0.3) is 0 Å². The van der Waals surface area contributed by atoms with E-state index in [-0.39, 0.29) is 23.3 Å². The maximum atomic E-state index is 12.2. The number of nitrogens with one attached hydrogen (secondary N) is 1. The Morgan fingerprint density at radius 3 is 2.62 bits per heavy atom. The Kier molecular flexibility index (Phi) is 5.23. The van der Waals surface area contributed by atoms with Crippen molar-refractivity contribution in [1.29, 1.82) is 0 Å². The molecule has 0 spiro atoms. The van der Waals surface area contributed by atoms with Gasteiger partial charge < -0.3 is 10.4 Å². The highest BCUT2D eigenvalue weighted by Gasteiger charge is 2.16. The average Bonchev–Trinajstić information content (AvgIpc) is 2.50. The Balaban J connectivity index is 2.07. The summed E-state index contributed by atoms with van der Waals surface area (Å²) in [5.74, 6) is -0.0170. The minimum atomic E-state index is -0.308. The molecule has 0 heterocycles. The van der Waals surface area contributed by atoms with Crippen LogP contribution in [-0.2, 0) is 6.42 Å². The highest BCUT2D eigenvalue weighted by Crippen LogP contribution is 2.18. The van der Waals surface area contributed by atoms with Crippen molar-refractivity contribution in [2.45, 2.75) is 19.4 Å². The van der Waals surface area contributed by atoms with Gasteiger partial charge in [-0.1, -0.05) is 42.0 Å². The molecule has 21 heavy (non-hydrogen) atoms. The van der Waals surface area contributed by atoms with Crippen molar-refractivity contribution < 1.29 is 9.90 Å². The van der Waals surface area contributed by atoms with E-state index < -0.39 is 0 Å². The van der Waals surface area contributed by atoms with Crippen LogP contribution in [0.2, 0.25) is 0 Å². The van der Waals surface area contributed by atoms with Crippen LogP contribution in [0.4, 0.5) is 0 Å². The van der Waals surface area contributed by atoms with E-state index >= 15 is 0 Å². The topological polar surface area (TPSA) is 49.3 Å². The van der Waals surface area contributed by atoms with Gasteiger partial charge in [-0.05, 0) is 31.0 Å². The Morgan fingerprint density at radius 1 is 1.24 bits per heavy atom. The standard InChI is InChI=1S/C17H18ClNO2/c1-12-7-8-16(20)15(9-12)17(21)19-14(11-18)10-13-5-3-2-4-6-13/h2-9,14,20H,10-11H2,1H3,(H,19,21). The van der Waals surface area contributed by atoms with Crippen LogP contribution in [0.1, 0.15) is 21.5 Å². The third-order valence-electron chi connectivity index (χ3n) is 3.24. The van der Waals surface area contributed by atoms with Crippen LogP contribution in [0.5, 0.6) is 5.75 Å². The zero-order chi connectivity index (χ0) is 15.2. The van der Waals surface area contributed by atoms with E-state index in [1.807, 2.05) is 37.3 Å². The first kappa shape index (κ1) is 15.4. The van der Waals surface area contributed by atoms with Crippen molar-refractivity contribution in [2.24, 2.45) is 0 Å². The van der Waals surface area contributed by atoms with Crippen LogP contribution in [0, 0.1) is 6.92 Å². The van der Waals surface area contributed by atoms with Gasteiger partial charge in [-0.25, -0.2) is 0 Å². The van der Waals surface area contributed by atoms with Crippen molar-refractivity contribution in [1.82, 2.24) is 5.32 Å². The Morgan fingerprint density at radius 2 is 1.95 bits per heavy atom. The second-order valence-electron chi connectivity index (χ2n) is 5.04. The molecule has 0 aromatic heterocycles. The third kappa shape index (κ3) is 4.23. The van der Waals surface area contributed by atoms with Crippen molar-refractivity contribution in [2.75, 3.05) is 5.88 Å². The summed E-state index contributed by atoms with van der Waals surface area (Å²) in [6.45, 7) is 1.87. The Hall–Kier alpha value is -2.00. The summed E-state index contributed by atoms with van der Waals surface area (Å²) in [6.07, 6.45) is 0.655. The normalized spacial score (nSPS) is 11.9. The number of phenolic OH excluding ortho intramolecular Hbond substituents is 1. The SMILES string of the molecule is Cc1ccc(O)c(C(=O)NC(CCl)Cc2ccccc2)c1. The molecule has 2 aromatic rings. The molecule has 0 aliphatic heterocycles. The number of hydrogen-bond acceptors (Lipinski definition) is 2. The van der Waals surface area contributed by atoms with Gasteiger partial charge in [0, 0.05) is 11.9 Å². The number of halogens is 1. The number of carbonyl (C=O) groups excluding carboxylic acids is 1. The Bertz CT molecular complexity index is 613. The molecule has 2 aromatic carbocycles. The molecule has 1 unspecified atom stereocenters. The van der Waals surface area contributed by atoms with E-state index in [1.165, 1.54) is 6.07 Å². The fraction of sp³-hybridized carbons (Fsp3) is 0.235. The van der Waals surface area contributed by atoms with Gasteiger partial charge in [-0.2, -0.15) is 0 Å². The Labute approximate surface area is 129 Å². The highest BCUT2D eigenvalue weighted by molar-refractivity contribution is 6.18. The number of aryl methyl sites for hydroxylation is 1. The highest BCUT2D eigenvalue weighted by atomic mass is 35.5. The largest absolute Gasteiger partial charge is 0.507 e. The summed E-state index contributed by atoms with van der Waals surface area (Å²) in [5.41, 5.74) is 2.30. The maximum Gasteiger partial charge on any atom is 0.255 e. The first-order valence-corrected chi connectivity index (χ1v) is 7.34. The molecule has 2 rings (SSSR count). The van der Waals surface area contributed by atoms with Crippen LogP contribution < -0.4 is 5.32 Å². The average molecular weight is 304 g/mol. The molecule has 0 saturated heterocycles. The lowest BCUT2D eigenvalue weighted by Gasteiger charge is -2.17. The molecule has 4 heteroatoms. The number of amides is 1. The molecular formula is C17H18ClNO2. The molecule has 1 amide bonds. The van der Waals surface area contributed by atoms with Gasteiger partial charge in [0.15, 0.2) is 0 Å². The second kappa shape index (κ2) is 7.14. The first-order valence-electron chi connectivity index (χ1n) is 6.80. The van der Waals surface area contributed by atoms with Gasteiger partial charge in [-0.3, -0.25) is 4.79 Å². The minimum Gasteiger partial charge on any atom is -0.507 e. The van der Waals surface area contributed by atoms with E-state index in [1.54, 1.807) is 12.1 Å². The van der Waals surface area contributed by atoms with E-state index in [9.17, 15) is 9.90 Å². The third-order valence-corrected chi connectivity index (χ3v) is 3.62. The van der Waals surface area contributed by atoms with Crippen LogP contribution in [-0.4, -0.2) is 22.9 Å². The van der Waals surface area contributed by atoms with E-state index in [4.69, 9.17) is 11.6 Å². The van der Waals surface area contributed by atoms with Gasteiger partial charge in [0.2, 0.25) is 0 Å². The second-order valence-corrected chi connectivity index (χ2v) is 5.34. The molecule has 0 saturated carbocycles. The van der Waals surface area contributed by atoms with Crippen LogP contribution in [0.15, 0.2) is 48.5 Å². The summed E-state index contributed by atoms with van der Waals surface area (Å²) in [4.78, 5) is 12.2. The van der Waals surface area contributed by atoms with Gasteiger partial charge in [0.05, 0.1) is 5.56 Å². The summed E-state index contributed by atoms with van der Waals surface area (Å²) < 4.78 is 0. The van der Waals surface area contributed by atoms with E-state index in [0.29, 0.717) is 12.3 Å². The van der Waals surface area contributed by atoms with Crippen molar-refractivity contribution in [3.63, 3.8) is 0 Å². The van der Waals surface area contributed by atoms with Gasteiger partial charge >= 0.3 is 0 Å². The molecule has 110 valence electrons. The lowest BCUT2D eigenvalue weighted by Crippen LogP contribution is -2.37. The number of carbonyl (C=O) groups is 1. The zero-order valence-electron chi connectivity index (χ0n) is 11.8. The van der Waals surface area contributed by atoms with Crippen molar-refractivity contribution in [3.05, 3.63) is 65.2 Å². The number of alkyl halides is 1. The summed E-state index contributed by atoms with van der Waals surface area (Å²) in [7, 11) is 0. The van der Waals surface area contributed by atoms with E-state index in [0.717, 1.165) is 11.1 Å². The molecule has 1 atom stereocenters. The molecule has 3 nitrogen and oxygen atoms in total. The summed E-state index contributed by atoms with van der Waals surface area (Å²) >= 11 is 5.94. The molecule has 0 aliphatic rings. The van der Waals surface area contributed by atoms with Gasteiger partial charge in [-0.15, -0.1) is 11.6 Å². The number of rotatable bonds is 5. The van der Waals surface area contributed by atoms with Crippen LogP contribution in [0.3, 0.4) is 0 Å². The lowest BCUT2D eigenvalue weighted by atomic mass is 10.1. The van der Waals surface area contributed by atoms with Gasteiger partial charge in [0.25, 0.3) is 5.91 Å². The van der Waals surface area contributed by atoms with E-state index in [2.05, 4.69) is 5.32 Å². The fourth-order valence-electron chi connectivity index (χ4n) is 2.14. The molecule has 0 fully saturated rings. The fourth-order valence-corrected chi connectivity index (χ4v) is 2.32. The van der Waals surface area contributed by atoms with Crippen molar-refractivity contribution >= 4 is 17.5 Å². The number of benzene rings is 2. The summed E-state index contributed by atoms with van der Waals surface area (Å²) in [6, 6.07) is 14.6. The molecular weight excluding hydrogens is 286 g/mol. The zero-order valence-corrected chi connectivity index (χ0v) is 12.6. The predicted molar refractivity (Wildman–Crippen MR) is 85.0 cm³/mol. The molecule has 0 radical (unpaired) electrons. The monoisotopic (exact) mass is 303 g/mol. The first-order chi connectivity index (χ1) is 10.1. The molecule has 0 bridgehead atoms. The molecule has 2 N–H and O–H groups in total. The molecule has 0 aliphatic carbocycles. The minimum absolute atomic E-state index is 0.0221. The van der Waals surface area contributed by atoms with Crippen LogP contribution >= 0.6 is 11.6 Å². The number of aromatic hydroxyl groups is 1. The predicted octanol–water partition coefficient (Wildman–Crippen LogP) is 3.28.